The summed E-state index contributed by atoms with van der Waals surface area (Å²) in [7, 11) is -2.62. The Labute approximate surface area is 121 Å². The van der Waals surface area contributed by atoms with Crippen molar-refractivity contribution in [3.8, 4) is 5.75 Å². The van der Waals surface area contributed by atoms with Gasteiger partial charge in [0.2, 0.25) is 0 Å². The quantitative estimate of drug-likeness (QED) is 0.870. The Kier molecular flexibility index (Phi) is 4.03. The van der Waals surface area contributed by atoms with Crippen LogP contribution in [0.2, 0.25) is 0 Å². The molecule has 0 saturated carbocycles. The molecule has 0 bridgehead atoms. The minimum absolute atomic E-state index is 0.0695. The fourth-order valence-corrected chi connectivity index (χ4v) is 2.88. The molecule has 0 fully saturated rings. The maximum atomic E-state index is 13.1. The smallest absolute Gasteiger partial charge is 0.267 e. The van der Waals surface area contributed by atoms with Crippen molar-refractivity contribution >= 4 is 21.5 Å². The fourth-order valence-electron chi connectivity index (χ4n) is 1.74. The molecule has 0 atom stereocenters. The highest BCUT2D eigenvalue weighted by molar-refractivity contribution is 7.92. The number of nitrogens with zero attached hydrogens (tertiary/aromatic N) is 2. The van der Waals surface area contributed by atoms with Crippen LogP contribution in [0.25, 0.3) is 0 Å². The first-order valence-corrected chi connectivity index (χ1v) is 7.55. The van der Waals surface area contributed by atoms with Gasteiger partial charge in [-0.25, -0.2) is 12.8 Å². The van der Waals surface area contributed by atoms with Gasteiger partial charge in [-0.3, -0.25) is 9.40 Å². The van der Waals surface area contributed by atoms with Crippen LogP contribution in [0, 0.1) is 5.82 Å². The highest BCUT2D eigenvalue weighted by Gasteiger charge is 2.22. The minimum Gasteiger partial charge on any atom is -0.494 e. The van der Waals surface area contributed by atoms with Crippen molar-refractivity contribution in [2.75, 3.05) is 17.6 Å². The number of sulfonamides is 1. The van der Waals surface area contributed by atoms with E-state index in [-0.39, 0.29) is 22.2 Å². The lowest BCUT2D eigenvalue weighted by molar-refractivity contribution is 0.413. The first-order valence-electron chi connectivity index (χ1n) is 6.06. The van der Waals surface area contributed by atoms with Crippen LogP contribution in [0.5, 0.6) is 5.75 Å². The van der Waals surface area contributed by atoms with Crippen molar-refractivity contribution in [1.29, 1.82) is 0 Å². The van der Waals surface area contributed by atoms with E-state index in [0.29, 0.717) is 6.54 Å². The van der Waals surface area contributed by atoms with Gasteiger partial charge in [-0.1, -0.05) is 0 Å². The zero-order chi connectivity index (χ0) is 15.6. The van der Waals surface area contributed by atoms with E-state index in [2.05, 4.69) is 9.82 Å². The van der Waals surface area contributed by atoms with E-state index in [1.165, 1.54) is 24.1 Å². The molecule has 0 amide bonds. The summed E-state index contributed by atoms with van der Waals surface area (Å²) in [5.41, 5.74) is 5.72. The van der Waals surface area contributed by atoms with Crippen LogP contribution in [0.15, 0.2) is 29.3 Å². The number of halogens is 1. The van der Waals surface area contributed by atoms with Gasteiger partial charge in [0.1, 0.15) is 16.5 Å². The van der Waals surface area contributed by atoms with Gasteiger partial charge < -0.3 is 10.5 Å². The third-order valence-electron chi connectivity index (χ3n) is 2.78. The van der Waals surface area contributed by atoms with Crippen molar-refractivity contribution in [2.45, 2.75) is 18.4 Å². The van der Waals surface area contributed by atoms with Gasteiger partial charge in [-0.05, 0) is 19.1 Å². The van der Waals surface area contributed by atoms with Gasteiger partial charge in [0.25, 0.3) is 10.0 Å². The Morgan fingerprint density at radius 2 is 2.19 bits per heavy atom. The topological polar surface area (TPSA) is 99.2 Å². The number of anilines is 2. The van der Waals surface area contributed by atoms with Crippen molar-refractivity contribution in [3.63, 3.8) is 0 Å². The first-order chi connectivity index (χ1) is 9.87. The van der Waals surface area contributed by atoms with Crippen LogP contribution in [-0.2, 0) is 16.6 Å². The number of ether oxygens (including phenoxy) is 1. The largest absolute Gasteiger partial charge is 0.494 e. The number of nitrogen functional groups attached to an aromatic ring is 1. The Balaban J connectivity index is 2.39. The normalized spacial score (nSPS) is 11.4. The molecule has 0 aliphatic carbocycles. The van der Waals surface area contributed by atoms with E-state index in [4.69, 9.17) is 10.5 Å². The van der Waals surface area contributed by atoms with Crippen molar-refractivity contribution in [1.82, 2.24) is 9.78 Å². The lowest BCUT2D eigenvalue weighted by Crippen LogP contribution is -2.14. The van der Waals surface area contributed by atoms with Gasteiger partial charge in [0.05, 0.1) is 12.8 Å². The molecule has 2 rings (SSSR count). The monoisotopic (exact) mass is 314 g/mol. The number of aryl methyl sites for hydroxylation is 1. The molecule has 1 heterocycles. The molecule has 1 aromatic heterocycles. The lowest BCUT2D eigenvalue weighted by atomic mass is 10.3. The molecule has 114 valence electrons. The van der Waals surface area contributed by atoms with Crippen molar-refractivity contribution < 1.29 is 17.5 Å². The Morgan fingerprint density at radius 3 is 2.76 bits per heavy atom. The number of nitrogens with one attached hydrogen (secondary N) is 1. The highest BCUT2D eigenvalue weighted by Crippen LogP contribution is 2.28. The molecule has 0 aliphatic heterocycles. The molecular formula is C12H15FN4O3S. The summed E-state index contributed by atoms with van der Waals surface area (Å²) >= 11 is 0. The molecular weight excluding hydrogens is 299 g/mol. The van der Waals surface area contributed by atoms with Gasteiger partial charge in [-0.15, -0.1) is 0 Å². The average Bonchev–Trinajstić information content (AvgIpc) is 2.82. The molecule has 0 unspecified atom stereocenters. The second-order valence-electron chi connectivity index (χ2n) is 4.18. The van der Waals surface area contributed by atoms with E-state index in [0.717, 1.165) is 12.1 Å². The molecule has 3 N–H and O–H groups in total. The number of hydrogen-bond donors (Lipinski definition) is 2. The van der Waals surface area contributed by atoms with Crippen molar-refractivity contribution in [3.05, 3.63) is 30.2 Å². The number of nitrogens with two attached hydrogens (primary N) is 1. The predicted octanol–water partition coefficient (Wildman–Crippen LogP) is 1.43. The van der Waals surface area contributed by atoms with Crippen LogP contribution in [0.3, 0.4) is 0 Å². The molecule has 7 nitrogen and oxygen atoms in total. The van der Waals surface area contributed by atoms with E-state index in [9.17, 15) is 12.8 Å². The molecule has 0 radical (unpaired) electrons. The molecule has 2 aromatic rings. The van der Waals surface area contributed by atoms with E-state index < -0.39 is 15.8 Å². The average molecular weight is 314 g/mol. The number of benzene rings is 1. The summed E-state index contributed by atoms with van der Waals surface area (Å²) in [5, 5.41) is 3.88. The summed E-state index contributed by atoms with van der Waals surface area (Å²) in [6.45, 7) is 2.29. The number of rotatable bonds is 5. The zero-order valence-electron chi connectivity index (χ0n) is 11.5. The zero-order valence-corrected chi connectivity index (χ0v) is 12.3. The third kappa shape index (κ3) is 3.07. The Hall–Kier alpha value is -2.29. The second-order valence-corrected chi connectivity index (χ2v) is 5.84. The van der Waals surface area contributed by atoms with Gasteiger partial charge in [-0.2, -0.15) is 5.10 Å². The molecule has 9 heteroatoms. The summed E-state index contributed by atoms with van der Waals surface area (Å²) in [6, 6.07) is 3.47. The van der Waals surface area contributed by atoms with Gasteiger partial charge in [0.15, 0.2) is 5.82 Å². The Bertz CT molecular complexity index is 758. The lowest BCUT2D eigenvalue weighted by Gasteiger charge is -2.11. The van der Waals surface area contributed by atoms with Crippen LogP contribution in [0.1, 0.15) is 6.92 Å². The van der Waals surface area contributed by atoms with E-state index in [1.54, 1.807) is 6.92 Å². The second kappa shape index (κ2) is 5.60. The molecule has 0 spiro atoms. The van der Waals surface area contributed by atoms with Gasteiger partial charge >= 0.3 is 0 Å². The molecule has 0 saturated heterocycles. The maximum absolute atomic E-state index is 13.1. The van der Waals surface area contributed by atoms with Crippen LogP contribution < -0.4 is 15.2 Å². The maximum Gasteiger partial charge on any atom is 0.267 e. The summed E-state index contributed by atoms with van der Waals surface area (Å²) in [6.07, 6.45) is 1.33. The predicted molar refractivity (Wildman–Crippen MR) is 76.1 cm³/mol. The van der Waals surface area contributed by atoms with E-state index in [1.807, 2.05) is 0 Å². The Morgan fingerprint density at radius 1 is 1.48 bits per heavy atom. The number of methoxy groups -OCH3 is 1. The summed E-state index contributed by atoms with van der Waals surface area (Å²) in [4.78, 5) is -0.143. The van der Waals surface area contributed by atoms with Gasteiger partial charge in [0, 0.05) is 18.8 Å². The summed E-state index contributed by atoms with van der Waals surface area (Å²) in [5.74, 6) is -0.571. The first kappa shape index (κ1) is 15.1. The highest BCUT2D eigenvalue weighted by atomic mass is 32.2. The minimum atomic E-state index is -3.94. The molecule has 1 aromatic carbocycles. The number of aromatic nitrogens is 2. The third-order valence-corrected chi connectivity index (χ3v) is 4.16. The van der Waals surface area contributed by atoms with Crippen molar-refractivity contribution in [2.24, 2.45) is 0 Å². The van der Waals surface area contributed by atoms with E-state index >= 15 is 0 Å². The summed E-state index contributed by atoms with van der Waals surface area (Å²) < 4.78 is 46.4. The SMILES string of the molecule is CCn1cc(S(=O)(=O)Nc2ccc(F)cc2OC)c(N)n1. The van der Waals surface area contributed by atoms with Crippen LogP contribution >= 0.6 is 0 Å². The standard InChI is InChI=1S/C12H15FN4O3S/c1-3-17-7-11(12(14)15-17)21(18,19)16-9-5-4-8(13)6-10(9)20-2/h4-7,16H,3H2,1-2H3,(H2,14,15). The molecule has 21 heavy (non-hydrogen) atoms. The number of hydrogen-bond acceptors (Lipinski definition) is 5. The molecule has 0 aliphatic rings. The fraction of sp³-hybridized carbons (Fsp3) is 0.250. The van der Waals surface area contributed by atoms with Crippen LogP contribution in [-0.4, -0.2) is 25.3 Å². The van der Waals surface area contributed by atoms with Crippen LogP contribution in [0.4, 0.5) is 15.9 Å².